The fourth-order valence-electron chi connectivity index (χ4n) is 2.75. The van der Waals surface area contributed by atoms with Crippen molar-refractivity contribution < 1.29 is 9.53 Å². The van der Waals surface area contributed by atoms with E-state index in [-0.39, 0.29) is 17.9 Å². The Kier molecular flexibility index (Phi) is 4.48. The molecule has 1 aromatic carbocycles. The summed E-state index contributed by atoms with van der Waals surface area (Å²) in [7, 11) is 0. The molecule has 0 aliphatic carbocycles. The second kappa shape index (κ2) is 6.70. The van der Waals surface area contributed by atoms with Gasteiger partial charge in [-0.05, 0) is 31.9 Å². The Labute approximate surface area is 129 Å². The van der Waals surface area contributed by atoms with Crippen molar-refractivity contribution in [2.75, 3.05) is 6.61 Å². The van der Waals surface area contributed by atoms with Crippen LogP contribution < -0.4 is 5.32 Å². The Morgan fingerprint density at radius 3 is 3.00 bits per heavy atom. The summed E-state index contributed by atoms with van der Waals surface area (Å²) in [6, 6.07) is 9.83. The minimum atomic E-state index is -0.0816. The fraction of sp³-hybridized carbons (Fsp3) is 0.438. The number of hydrogen-bond acceptors (Lipinski definition) is 4. The lowest BCUT2D eigenvalue weighted by Crippen LogP contribution is -2.40. The number of amides is 1. The van der Waals surface area contributed by atoms with E-state index < -0.39 is 0 Å². The average Bonchev–Trinajstić information content (AvgIpc) is 3.02. The minimum absolute atomic E-state index is 0.0230. The molecule has 1 aromatic heterocycles. The van der Waals surface area contributed by atoms with Crippen molar-refractivity contribution in [3.05, 3.63) is 42.5 Å². The van der Waals surface area contributed by atoms with Gasteiger partial charge in [0, 0.05) is 12.3 Å². The molecule has 1 amide bonds. The zero-order chi connectivity index (χ0) is 15.4. The van der Waals surface area contributed by atoms with Crippen LogP contribution in [-0.2, 0) is 16.1 Å². The normalized spacial score (nSPS) is 21.5. The van der Waals surface area contributed by atoms with Crippen molar-refractivity contribution in [3.8, 4) is 5.69 Å². The molecule has 6 nitrogen and oxygen atoms in total. The average molecular weight is 300 g/mol. The molecule has 1 aliphatic rings. The molecule has 22 heavy (non-hydrogen) atoms. The van der Waals surface area contributed by atoms with Gasteiger partial charge in [0.05, 0.1) is 18.6 Å². The predicted molar refractivity (Wildman–Crippen MR) is 81.3 cm³/mol. The number of nitrogens with zero attached hydrogens (tertiary/aromatic N) is 3. The Balaban J connectivity index is 1.65. The number of rotatable bonds is 4. The third kappa shape index (κ3) is 3.17. The highest BCUT2D eigenvalue weighted by Gasteiger charge is 2.28. The van der Waals surface area contributed by atoms with Crippen molar-refractivity contribution in [2.45, 2.75) is 32.4 Å². The van der Waals surface area contributed by atoms with Gasteiger partial charge in [0.25, 0.3) is 0 Å². The van der Waals surface area contributed by atoms with Crippen LogP contribution in [0.2, 0.25) is 0 Å². The first-order chi connectivity index (χ1) is 10.8. The zero-order valence-electron chi connectivity index (χ0n) is 12.6. The summed E-state index contributed by atoms with van der Waals surface area (Å²) in [4.78, 5) is 12.3. The van der Waals surface area contributed by atoms with Gasteiger partial charge in [0.15, 0.2) is 5.82 Å². The van der Waals surface area contributed by atoms with Crippen LogP contribution in [0.1, 0.15) is 25.6 Å². The predicted octanol–water partition coefficient (Wildman–Crippen LogP) is 1.70. The molecule has 116 valence electrons. The Bertz CT molecular complexity index is 626. The molecule has 0 bridgehead atoms. The van der Waals surface area contributed by atoms with E-state index in [0.29, 0.717) is 12.4 Å². The maximum Gasteiger partial charge on any atom is 0.226 e. The molecule has 0 radical (unpaired) electrons. The van der Waals surface area contributed by atoms with Gasteiger partial charge in [-0.2, -0.15) is 0 Å². The smallest absolute Gasteiger partial charge is 0.226 e. The monoisotopic (exact) mass is 300 g/mol. The molecular weight excluding hydrogens is 280 g/mol. The van der Waals surface area contributed by atoms with Gasteiger partial charge in [-0.1, -0.05) is 18.2 Å². The van der Waals surface area contributed by atoms with Gasteiger partial charge in [0.2, 0.25) is 5.91 Å². The molecule has 2 heterocycles. The van der Waals surface area contributed by atoms with Crippen LogP contribution in [0.3, 0.4) is 0 Å². The second-order valence-corrected chi connectivity index (χ2v) is 5.50. The SMILES string of the molecule is C[C@@H]1OCCC[C@H]1C(=O)NCc1nncn1-c1ccccc1. The Morgan fingerprint density at radius 2 is 2.23 bits per heavy atom. The molecule has 3 rings (SSSR count). The van der Waals surface area contributed by atoms with Crippen molar-refractivity contribution in [1.82, 2.24) is 20.1 Å². The van der Waals surface area contributed by atoms with Crippen molar-refractivity contribution >= 4 is 5.91 Å². The van der Waals surface area contributed by atoms with Crippen LogP contribution in [0.15, 0.2) is 36.7 Å². The number of carbonyl (C=O) groups excluding carboxylic acids is 1. The summed E-state index contributed by atoms with van der Waals surface area (Å²) in [5.74, 6) is 0.653. The number of aromatic nitrogens is 3. The van der Waals surface area contributed by atoms with Crippen LogP contribution in [0, 0.1) is 5.92 Å². The number of benzene rings is 1. The van der Waals surface area contributed by atoms with Gasteiger partial charge >= 0.3 is 0 Å². The quantitative estimate of drug-likeness (QED) is 0.933. The largest absolute Gasteiger partial charge is 0.378 e. The minimum Gasteiger partial charge on any atom is -0.378 e. The molecule has 1 N–H and O–H groups in total. The van der Waals surface area contributed by atoms with Gasteiger partial charge in [0.1, 0.15) is 6.33 Å². The lowest BCUT2D eigenvalue weighted by molar-refractivity contribution is -0.133. The maximum atomic E-state index is 12.3. The van der Waals surface area contributed by atoms with E-state index in [1.54, 1.807) is 6.33 Å². The summed E-state index contributed by atoms with van der Waals surface area (Å²) < 4.78 is 7.42. The maximum absolute atomic E-state index is 12.3. The summed E-state index contributed by atoms with van der Waals surface area (Å²) in [5.41, 5.74) is 0.978. The molecule has 0 saturated carbocycles. The van der Waals surface area contributed by atoms with E-state index in [1.165, 1.54) is 0 Å². The lowest BCUT2D eigenvalue weighted by atomic mass is 9.94. The van der Waals surface area contributed by atoms with Crippen LogP contribution in [0.4, 0.5) is 0 Å². The highest BCUT2D eigenvalue weighted by Crippen LogP contribution is 2.20. The topological polar surface area (TPSA) is 69.0 Å². The summed E-state index contributed by atoms with van der Waals surface area (Å²) in [5, 5.41) is 11.0. The van der Waals surface area contributed by atoms with Crippen LogP contribution in [0.5, 0.6) is 0 Å². The van der Waals surface area contributed by atoms with Crippen LogP contribution in [-0.4, -0.2) is 33.4 Å². The molecule has 6 heteroatoms. The van der Waals surface area contributed by atoms with Gasteiger partial charge in [-0.25, -0.2) is 0 Å². The third-order valence-corrected chi connectivity index (χ3v) is 4.02. The first kappa shape index (κ1) is 14.7. The van der Waals surface area contributed by atoms with Gasteiger partial charge in [-0.15, -0.1) is 10.2 Å². The van der Waals surface area contributed by atoms with Crippen LogP contribution >= 0.6 is 0 Å². The standard InChI is InChI=1S/C16H20N4O2/c1-12-14(8-5-9-22-12)16(21)17-10-15-19-18-11-20(15)13-6-3-2-4-7-13/h2-4,6-7,11-12,14H,5,8-10H2,1H3,(H,17,21)/t12-,14+/m0/s1. The number of ether oxygens (including phenoxy) is 1. The molecule has 2 aromatic rings. The van der Waals surface area contributed by atoms with Gasteiger partial charge in [-0.3, -0.25) is 9.36 Å². The van der Waals surface area contributed by atoms with Crippen molar-refractivity contribution in [3.63, 3.8) is 0 Å². The van der Waals surface area contributed by atoms with E-state index >= 15 is 0 Å². The van der Waals surface area contributed by atoms with E-state index in [2.05, 4.69) is 15.5 Å². The highest BCUT2D eigenvalue weighted by molar-refractivity contribution is 5.79. The zero-order valence-corrected chi connectivity index (χ0v) is 12.6. The van der Waals surface area contributed by atoms with E-state index in [9.17, 15) is 4.79 Å². The van der Waals surface area contributed by atoms with Crippen LogP contribution in [0.25, 0.3) is 5.69 Å². The van der Waals surface area contributed by atoms with E-state index in [4.69, 9.17) is 4.74 Å². The van der Waals surface area contributed by atoms with Crippen molar-refractivity contribution in [1.29, 1.82) is 0 Å². The molecular formula is C16H20N4O2. The number of para-hydroxylation sites is 1. The second-order valence-electron chi connectivity index (χ2n) is 5.50. The summed E-state index contributed by atoms with van der Waals surface area (Å²) in [6.45, 7) is 3.06. The number of hydrogen-bond donors (Lipinski definition) is 1. The Morgan fingerprint density at radius 1 is 1.41 bits per heavy atom. The number of nitrogens with one attached hydrogen (secondary N) is 1. The molecule has 2 atom stereocenters. The summed E-state index contributed by atoms with van der Waals surface area (Å²) in [6.07, 6.45) is 3.44. The first-order valence-corrected chi connectivity index (χ1v) is 7.59. The van der Waals surface area contributed by atoms with Crippen molar-refractivity contribution in [2.24, 2.45) is 5.92 Å². The third-order valence-electron chi connectivity index (χ3n) is 4.02. The molecule has 0 unspecified atom stereocenters. The summed E-state index contributed by atoms with van der Waals surface area (Å²) >= 11 is 0. The fourth-order valence-corrected chi connectivity index (χ4v) is 2.75. The van der Waals surface area contributed by atoms with E-state index in [0.717, 1.165) is 25.1 Å². The molecule has 1 aliphatic heterocycles. The van der Waals surface area contributed by atoms with Gasteiger partial charge < -0.3 is 10.1 Å². The molecule has 1 fully saturated rings. The molecule has 1 saturated heterocycles. The lowest BCUT2D eigenvalue weighted by Gasteiger charge is -2.27. The first-order valence-electron chi connectivity index (χ1n) is 7.59. The molecule has 0 spiro atoms. The Hall–Kier alpha value is -2.21. The van der Waals surface area contributed by atoms with E-state index in [1.807, 2.05) is 41.8 Å². The number of carbonyl (C=O) groups is 1. The highest BCUT2D eigenvalue weighted by atomic mass is 16.5.